The molecule has 3 heterocycles. The van der Waals surface area contributed by atoms with Gasteiger partial charge in [-0.3, -0.25) is 24.7 Å². The van der Waals surface area contributed by atoms with E-state index in [1.807, 2.05) is 19.1 Å². The largest absolute Gasteiger partial charge is 0.490 e. The minimum atomic E-state index is -0.510. The van der Waals surface area contributed by atoms with Gasteiger partial charge in [0, 0.05) is 50.2 Å². The molecular formula is C24H24N4O6S. The molecule has 0 unspecified atom stereocenters. The molecule has 11 heteroatoms. The quantitative estimate of drug-likeness (QED) is 0.345. The number of rotatable bonds is 8. The summed E-state index contributed by atoms with van der Waals surface area (Å²) in [6, 6.07) is 11.6. The average molecular weight is 497 g/mol. The second-order valence-corrected chi connectivity index (χ2v) is 8.78. The van der Waals surface area contributed by atoms with E-state index in [4.69, 9.17) is 9.47 Å². The van der Waals surface area contributed by atoms with Crippen LogP contribution in [0.5, 0.6) is 11.5 Å². The third-order valence-electron chi connectivity index (χ3n) is 5.47. The maximum atomic E-state index is 13.1. The van der Waals surface area contributed by atoms with Gasteiger partial charge in [-0.05, 0) is 48.9 Å². The lowest BCUT2D eigenvalue weighted by atomic mass is 10.1. The van der Waals surface area contributed by atoms with Crippen LogP contribution in [0.4, 0.5) is 5.00 Å². The zero-order chi connectivity index (χ0) is 24.8. The zero-order valence-corrected chi connectivity index (χ0v) is 19.9. The van der Waals surface area contributed by atoms with Gasteiger partial charge in [0.05, 0.1) is 16.4 Å². The van der Waals surface area contributed by atoms with Crippen LogP contribution in [0.25, 0.3) is 0 Å². The van der Waals surface area contributed by atoms with Crippen LogP contribution in [0.3, 0.4) is 0 Å². The summed E-state index contributed by atoms with van der Waals surface area (Å²) in [6.07, 6.45) is 3.39. The lowest BCUT2D eigenvalue weighted by molar-refractivity contribution is -0.380. The number of nitrogens with zero attached hydrogens (tertiary/aromatic N) is 4. The third kappa shape index (κ3) is 5.75. The van der Waals surface area contributed by atoms with E-state index >= 15 is 0 Å². The van der Waals surface area contributed by atoms with Crippen LogP contribution >= 0.6 is 11.3 Å². The highest BCUT2D eigenvalue weighted by Gasteiger charge is 2.27. The van der Waals surface area contributed by atoms with Crippen molar-refractivity contribution in [2.45, 2.75) is 13.5 Å². The lowest BCUT2D eigenvalue weighted by Crippen LogP contribution is -2.50. The number of piperazine rings is 1. The number of benzene rings is 1. The number of carbonyl (C=O) groups excluding carboxylic acids is 2. The Morgan fingerprint density at radius 3 is 2.29 bits per heavy atom. The highest BCUT2D eigenvalue weighted by atomic mass is 32.1. The number of hydrogen-bond donors (Lipinski definition) is 0. The fourth-order valence-electron chi connectivity index (χ4n) is 3.66. The van der Waals surface area contributed by atoms with Crippen molar-refractivity contribution in [3.8, 4) is 11.5 Å². The standard InChI is InChI=1S/C24H24N4O6S/c1-2-33-20-15-18(3-4-19(20)34-16-17-7-9-25-10-8-17)23(29)26-11-13-27(14-12-26)24(30)21-5-6-22(35-21)28(31)32/h3-10,15H,2,11-14,16H2,1H3. The summed E-state index contributed by atoms with van der Waals surface area (Å²) < 4.78 is 11.6. The summed E-state index contributed by atoms with van der Waals surface area (Å²) in [5.41, 5.74) is 1.44. The number of ether oxygens (including phenoxy) is 2. The van der Waals surface area contributed by atoms with Crippen molar-refractivity contribution in [1.29, 1.82) is 0 Å². The normalized spacial score (nSPS) is 13.4. The molecule has 182 valence electrons. The summed E-state index contributed by atoms with van der Waals surface area (Å²) in [6.45, 7) is 4.05. The van der Waals surface area contributed by atoms with Gasteiger partial charge in [-0.2, -0.15) is 0 Å². The second-order valence-electron chi connectivity index (χ2n) is 7.72. The Labute approximate surface area is 205 Å². The van der Waals surface area contributed by atoms with E-state index in [0.717, 1.165) is 16.9 Å². The van der Waals surface area contributed by atoms with Crippen molar-refractivity contribution in [2.75, 3.05) is 32.8 Å². The topological polar surface area (TPSA) is 115 Å². The predicted octanol–water partition coefficient (Wildman–Crippen LogP) is 3.63. The van der Waals surface area contributed by atoms with Gasteiger partial charge >= 0.3 is 5.00 Å². The summed E-state index contributed by atoms with van der Waals surface area (Å²) >= 11 is 0.857. The van der Waals surface area contributed by atoms with Gasteiger partial charge in [-0.1, -0.05) is 11.3 Å². The molecule has 2 aromatic heterocycles. The highest BCUT2D eigenvalue weighted by molar-refractivity contribution is 7.17. The van der Waals surface area contributed by atoms with Gasteiger partial charge in [0.15, 0.2) is 11.5 Å². The molecule has 1 aliphatic heterocycles. The lowest BCUT2D eigenvalue weighted by Gasteiger charge is -2.34. The van der Waals surface area contributed by atoms with E-state index in [-0.39, 0.29) is 16.8 Å². The third-order valence-corrected chi connectivity index (χ3v) is 6.50. The molecule has 0 atom stereocenters. The van der Waals surface area contributed by atoms with E-state index in [0.29, 0.717) is 61.3 Å². The van der Waals surface area contributed by atoms with Crippen LogP contribution in [0.15, 0.2) is 54.9 Å². The molecular weight excluding hydrogens is 472 g/mol. The molecule has 1 saturated heterocycles. The SMILES string of the molecule is CCOc1cc(C(=O)N2CCN(C(=O)c3ccc([N+](=O)[O-])s3)CC2)ccc1OCc1ccncc1. The molecule has 35 heavy (non-hydrogen) atoms. The van der Waals surface area contributed by atoms with Gasteiger partial charge in [-0.15, -0.1) is 0 Å². The van der Waals surface area contributed by atoms with E-state index in [1.165, 1.54) is 12.1 Å². The number of pyridine rings is 1. The first kappa shape index (κ1) is 24.1. The minimum Gasteiger partial charge on any atom is -0.490 e. The first-order chi connectivity index (χ1) is 17.0. The smallest absolute Gasteiger partial charge is 0.324 e. The van der Waals surface area contributed by atoms with Gasteiger partial charge in [-0.25, -0.2) is 0 Å². The Morgan fingerprint density at radius 1 is 0.971 bits per heavy atom. The van der Waals surface area contributed by atoms with Crippen LogP contribution in [0.2, 0.25) is 0 Å². The Bertz CT molecular complexity index is 1210. The number of nitro groups is 1. The minimum absolute atomic E-state index is 0.0690. The monoisotopic (exact) mass is 496 g/mol. The molecule has 1 aromatic carbocycles. The van der Waals surface area contributed by atoms with E-state index < -0.39 is 4.92 Å². The molecule has 0 N–H and O–H groups in total. The van der Waals surface area contributed by atoms with Crippen LogP contribution in [0, 0.1) is 10.1 Å². The van der Waals surface area contributed by atoms with E-state index in [1.54, 1.807) is 40.4 Å². The van der Waals surface area contributed by atoms with Crippen molar-refractivity contribution in [1.82, 2.24) is 14.8 Å². The molecule has 2 amide bonds. The summed E-state index contributed by atoms with van der Waals surface area (Å²) in [5, 5.41) is 10.8. The molecule has 0 spiro atoms. The average Bonchev–Trinajstić information content (AvgIpc) is 3.39. The van der Waals surface area contributed by atoms with Crippen molar-refractivity contribution in [3.05, 3.63) is 81.0 Å². The van der Waals surface area contributed by atoms with Gasteiger partial charge in [0.2, 0.25) is 0 Å². The Hall–Kier alpha value is -3.99. The van der Waals surface area contributed by atoms with Crippen LogP contribution in [-0.2, 0) is 6.61 Å². The number of aromatic nitrogens is 1. The molecule has 0 aliphatic carbocycles. The number of hydrogen-bond acceptors (Lipinski definition) is 8. The Balaban J connectivity index is 1.38. The fourth-order valence-corrected chi connectivity index (χ4v) is 4.45. The highest BCUT2D eigenvalue weighted by Crippen LogP contribution is 2.30. The summed E-state index contributed by atoms with van der Waals surface area (Å²) in [7, 11) is 0. The van der Waals surface area contributed by atoms with Crippen molar-refractivity contribution in [2.24, 2.45) is 0 Å². The predicted molar refractivity (Wildman–Crippen MR) is 129 cm³/mol. The number of carbonyl (C=O) groups is 2. The summed E-state index contributed by atoms with van der Waals surface area (Å²) in [4.78, 5) is 43.8. The maximum Gasteiger partial charge on any atom is 0.324 e. The molecule has 1 aliphatic rings. The molecule has 0 saturated carbocycles. The van der Waals surface area contributed by atoms with Crippen molar-refractivity contribution in [3.63, 3.8) is 0 Å². The van der Waals surface area contributed by atoms with Crippen LogP contribution in [0.1, 0.15) is 32.5 Å². The molecule has 1 fully saturated rings. The first-order valence-electron chi connectivity index (χ1n) is 11.1. The Morgan fingerprint density at radius 2 is 1.66 bits per heavy atom. The Kier molecular flexibility index (Phi) is 7.56. The second kappa shape index (κ2) is 11.0. The number of amides is 2. The van der Waals surface area contributed by atoms with Gasteiger partial charge < -0.3 is 19.3 Å². The van der Waals surface area contributed by atoms with Gasteiger partial charge in [0.1, 0.15) is 6.61 Å². The molecule has 3 aromatic rings. The number of thiophene rings is 1. The van der Waals surface area contributed by atoms with Crippen molar-refractivity contribution < 1.29 is 24.0 Å². The van der Waals surface area contributed by atoms with Crippen LogP contribution < -0.4 is 9.47 Å². The molecule has 0 radical (unpaired) electrons. The zero-order valence-electron chi connectivity index (χ0n) is 19.1. The molecule has 4 rings (SSSR count). The van der Waals surface area contributed by atoms with E-state index in [9.17, 15) is 19.7 Å². The van der Waals surface area contributed by atoms with Gasteiger partial charge in [0.25, 0.3) is 11.8 Å². The molecule has 10 nitrogen and oxygen atoms in total. The maximum absolute atomic E-state index is 13.1. The van der Waals surface area contributed by atoms with Crippen molar-refractivity contribution >= 4 is 28.2 Å². The van der Waals surface area contributed by atoms with E-state index in [2.05, 4.69) is 4.98 Å². The summed E-state index contributed by atoms with van der Waals surface area (Å²) in [5.74, 6) is 0.608. The first-order valence-corrected chi connectivity index (χ1v) is 11.9. The molecule has 0 bridgehead atoms. The van der Waals surface area contributed by atoms with Crippen LogP contribution in [-0.4, -0.2) is 64.3 Å². The fraction of sp³-hybridized carbons (Fsp3) is 0.292.